The summed E-state index contributed by atoms with van der Waals surface area (Å²) in [5.41, 5.74) is 15.6. The Balaban J connectivity index is 2.73. The van der Waals surface area contributed by atoms with Gasteiger partial charge in [0.1, 0.15) is 10.8 Å². The van der Waals surface area contributed by atoms with Gasteiger partial charge in [0.05, 0.1) is 11.4 Å². The quantitative estimate of drug-likeness (QED) is 0.482. The third-order valence-corrected chi connectivity index (χ3v) is 3.06. The van der Waals surface area contributed by atoms with Crippen molar-refractivity contribution in [2.75, 3.05) is 0 Å². The van der Waals surface area contributed by atoms with Crippen LogP contribution in [0.1, 0.15) is 5.69 Å². The number of thiazole rings is 1. The fourth-order valence-electron chi connectivity index (χ4n) is 0.730. The Morgan fingerprint density at radius 2 is 2.20 bits per heavy atom. The molecule has 82 valence electrons. The maximum Gasteiger partial charge on any atom is 0.307 e. The Hall–Kier alpha value is -1.48. The molecule has 9 heteroatoms. The zero-order valence-electron chi connectivity index (χ0n) is 7.54. The van der Waals surface area contributed by atoms with Crippen LogP contribution in [0.15, 0.2) is 10.4 Å². The van der Waals surface area contributed by atoms with Gasteiger partial charge in [-0.15, -0.1) is 11.3 Å². The predicted molar refractivity (Wildman–Crippen MR) is 59.0 cm³/mol. The summed E-state index contributed by atoms with van der Waals surface area (Å²) in [6.45, 7) is 0. The van der Waals surface area contributed by atoms with Gasteiger partial charge in [0.2, 0.25) is 5.13 Å². The number of carbonyl (C=O) groups excluding carboxylic acids is 1. The second kappa shape index (κ2) is 4.84. The van der Waals surface area contributed by atoms with Gasteiger partial charge in [-0.3, -0.25) is 4.79 Å². The number of hydrogen-bond acceptors (Lipinski definition) is 5. The number of nitrogens with two attached hydrogens (primary N) is 3. The minimum Gasteiger partial charge on any atom is -0.370 e. The minimum atomic E-state index is -1.75. The predicted octanol–water partition coefficient (Wildman–Crippen LogP) is -0.625. The van der Waals surface area contributed by atoms with Gasteiger partial charge in [-0.1, -0.05) is 0 Å². The Labute approximate surface area is 91.8 Å². The van der Waals surface area contributed by atoms with Crippen molar-refractivity contribution in [1.29, 1.82) is 0 Å². The first-order chi connectivity index (χ1) is 6.99. The molecule has 1 atom stereocenters. The largest absolute Gasteiger partial charge is 0.370 e. The number of guanidine groups is 1. The number of rotatable bonds is 3. The summed E-state index contributed by atoms with van der Waals surface area (Å²) in [5.74, 6) is -0.127. The van der Waals surface area contributed by atoms with Gasteiger partial charge in [0, 0.05) is 5.38 Å². The highest BCUT2D eigenvalue weighted by molar-refractivity contribution is 7.99. The van der Waals surface area contributed by atoms with Crippen LogP contribution in [0.25, 0.3) is 0 Å². The van der Waals surface area contributed by atoms with Gasteiger partial charge in [0.25, 0.3) is 0 Å². The van der Waals surface area contributed by atoms with E-state index in [9.17, 15) is 9.00 Å². The second-order valence-electron chi connectivity index (χ2n) is 2.47. The van der Waals surface area contributed by atoms with Gasteiger partial charge in [-0.05, 0) is 0 Å². The molecule has 0 aliphatic heterocycles. The Morgan fingerprint density at radius 3 is 2.73 bits per heavy atom. The van der Waals surface area contributed by atoms with Gasteiger partial charge in [-0.25, -0.2) is 9.19 Å². The highest BCUT2D eigenvalue weighted by Gasteiger charge is 2.10. The fraction of sp³-hybridized carbons (Fsp3) is 0.167. The van der Waals surface area contributed by atoms with Gasteiger partial charge in [0.15, 0.2) is 5.96 Å². The van der Waals surface area contributed by atoms with E-state index in [1.165, 1.54) is 11.3 Å². The van der Waals surface area contributed by atoms with Crippen LogP contribution in [0.4, 0.5) is 9.93 Å². The number of carbonyl (C=O) groups is 1. The van der Waals surface area contributed by atoms with Crippen LogP contribution in [0, 0.1) is 0 Å². The maximum atomic E-state index is 11.1. The molecule has 0 aliphatic rings. The molecule has 1 heterocycles. The summed E-state index contributed by atoms with van der Waals surface area (Å²) in [6.07, 6.45) is 0. The summed E-state index contributed by atoms with van der Waals surface area (Å²) in [4.78, 5) is 18.2. The highest BCUT2D eigenvalue weighted by Crippen LogP contribution is 2.19. The SMILES string of the molecule is NC(=O)S(=O)Cc1csc(N=C(N)N)n1. The number of aromatic nitrogens is 1. The van der Waals surface area contributed by atoms with E-state index >= 15 is 0 Å². The zero-order valence-corrected chi connectivity index (χ0v) is 9.18. The van der Waals surface area contributed by atoms with Crippen molar-refractivity contribution >= 4 is 38.5 Å². The van der Waals surface area contributed by atoms with Gasteiger partial charge >= 0.3 is 5.24 Å². The molecule has 0 aromatic carbocycles. The first-order valence-electron chi connectivity index (χ1n) is 3.71. The maximum absolute atomic E-state index is 11.1. The van der Waals surface area contributed by atoms with Crippen molar-refractivity contribution in [1.82, 2.24) is 4.98 Å². The first-order valence-corrected chi connectivity index (χ1v) is 5.90. The lowest BCUT2D eigenvalue weighted by Gasteiger charge is -1.92. The van der Waals surface area contributed by atoms with Crippen LogP contribution in [-0.4, -0.2) is 20.4 Å². The lowest BCUT2D eigenvalue weighted by Crippen LogP contribution is -2.21. The van der Waals surface area contributed by atoms with Crippen LogP contribution in [0.5, 0.6) is 0 Å². The van der Waals surface area contributed by atoms with Crippen LogP contribution in [0.3, 0.4) is 0 Å². The fourth-order valence-corrected chi connectivity index (χ4v) is 2.10. The summed E-state index contributed by atoms with van der Waals surface area (Å²) >= 11 is 1.19. The van der Waals surface area contributed by atoms with E-state index < -0.39 is 16.0 Å². The molecule has 0 radical (unpaired) electrons. The van der Waals surface area contributed by atoms with Crippen LogP contribution in [0.2, 0.25) is 0 Å². The molecule has 1 aromatic heterocycles. The molecule has 0 fully saturated rings. The van der Waals surface area contributed by atoms with E-state index in [2.05, 4.69) is 9.98 Å². The molecular formula is C6H9N5O2S2. The van der Waals surface area contributed by atoms with Gasteiger partial charge < -0.3 is 17.2 Å². The van der Waals surface area contributed by atoms with Gasteiger partial charge in [-0.2, -0.15) is 4.99 Å². The molecule has 0 saturated carbocycles. The van der Waals surface area contributed by atoms with E-state index in [4.69, 9.17) is 17.2 Å². The van der Waals surface area contributed by atoms with Crippen LogP contribution < -0.4 is 17.2 Å². The summed E-state index contributed by atoms with van der Waals surface area (Å²) in [5, 5.41) is 1.10. The number of amides is 1. The molecular weight excluding hydrogens is 238 g/mol. The Bertz CT molecular complexity index is 423. The molecule has 1 aromatic rings. The second-order valence-corrected chi connectivity index (χ2v) is 4.69. The van der Waals surface area contributed by atoms with Crippen LogP contribution >= 0.6 is 11.3 Å². The number of nitrogens with zero attached hydrogens (tertiary/aromatic N) is 2. The molecule has 7 nitrogen and oxygen atoms in total. The first kappa shape index (κ1) is 11.6. The standard InChI is InChI=1S/C6H9N5O2S2/c7-4(8)11-6-10-3(1-14-6)2-15(13)5(9)12/h1H,2H2,(H2,9,12)(H4,7,8,10,11). The third-order valence-electron chi connectivity index (χ3n) is 1.27. The summed E-state index contributed by atoms with van der Waals surface area (Å²) in [6, 6.07) is 0. The zero-order chi connectivity index (χ0) is 11.4. The molecule has 15 heavy (non-hydrogen) atoms. The van der Waals surface area contributed by atoms with E-state index in [1.54, 1.807) is 5.38 Å². The smallest absolute Gasteiger partial charge is 0.307 e. The topological polar surface area (TPSA) is 137 Å². The third kappa shape index (κ3) is 3.64. The molecule has 1 unspecified atom stereocenters. The van der Waals surface area contributed by atoms with Crippen molar-refractivity contribution in [2.45, 2.75) is 5.75 Å². The van der Waals surface area contributed by atoms with Crippen molar-refractivity contribution in [3.8, 4) is 0 Å². The molecule has 6 N–H and O–H groups in total. The van der Waals surface area contributed by atoms with E-state index in [-0.39, 0.29) is 11.7 Å². The van der Waals surface area contributed by atoms with E-state index in [0.29, 0.717) is 10.8 Å². The number of aliphatic imine (C=N–C) groups is 1. The van der Waals surface area contributed by atoms with E-state index in [1.807, 2.05) is 0 Å². The Kier molecular flexibility index (Phi) is 3.74. The molecule has 0 spiro atoms. The lowest BCUT2D eigenvalue weighted by molar-refractivity contribution is 0.266. The average molecular weight is 247 g/mol. The molecule has 1 amide bonds. The normalized spacial score (nSPS) is 12.0. The lowest BCUT2D eigenvalue weighted by atomic mass is 10.6. The minimum absolute atomic E-state index is 0.0220. The number of primary amides is 1. The van der Waals surface area contributed by atoms with Crippen LogP contribution in [-0.2, 0) is 16.6 Å². The summed E-state index contributed by atoms with van der Waals surface area (Å²) in [7, 11) is -1.75. The molecule has 0 saturated heterocycles. The van der Waals surface area contributed by atoms with Crippen molar-refractivity contribution in [3.63, 3.8) is 0 Å². The summed E-state index contributed by atoms with van der Waals surface area (Å²) < 4.78 is 11.1. The monoisotopic (exact) mass is 247 g/mol. The number of hydrogen-bond donors (Lipinski definition) is 3. The molecule has 1 rings (SSSR count). The average Bonchev–Trinajstić information content (AvgIpc) is 2.51. The van der Waals surface area contributed by atoms with Crippen molar-refractivity contribution < 1.29 is 9.00 Å². The van der Waals surface area contributed by atoms with Crippen molar-refractivity contribution in [2.24, 2.45) is 22.2 Å². The highest BCUT2D eigenvalue weighted by atomic mass is 32.2. The van der Waals surface area contributed by atoms with Crippen molar-refractivity contribution in [3.05, 3.63) is 11.1 Å². The van der Waals surface area contributed by atoms with E-state index in [0.717, 1.165) is 0 Å². The molecule has 0 bridgehead atoms. The Morgan fingerprint density at radius 1 is 1.53 bits per heavy atom. The molecule has 0 aliphatic carbocycles.